The average Bonchev–Trinajstić information content (AvgIpc) is 3.15. The van der Waals surface area contributed by atoms with E-state index in [1.54, 1.807) is 18.2 Å². The molecule has 4 rings (SSSR count). The van der Waals surface area contributed by atoms with Gasteiger partial charge in [0.2, 0.25) is 0 Å². The zero-order valence-corrected chi connectivity index (χ0v) is 16.8. The van der Waals surface area contributed by atoms with E-state index in [0.717, 1.165) is 22.2 Å². The van der Waals surface area contributed by atoms with Crippen molar-refractivity contribution in [3.8, 4) is 11.4 Å². The molecule has 0 fully saturated rings. The number of aromatic nitrogens is 2. The van der Waals surface area contributed by atoms with Gasteiger partial charge < -0.3 is 10.3 Å². The van der Waals surface area contributed by atoms with Crippen molar-refractivity contribution in [1.29, 1.82) is 0 Å². The Bertz CT molecular complexity index is 1080. The summed E-state index contributed by atoms with van der Waals surface area (Å²) in [5.74, 6) is 0.509. The fourth-order valence-corrected chi connectivity index (χ4v) is 3.06. The van der Waals surface area contributed by atoms with Crippen molar-refractivity contribution in [2.45, 2.75) is 20.8 Å². The molecule has 0 unspecified atom stereocenters. The largest absolute Gasteiger partial charge is 0.338 e. The number of benzene rings is 3. The number of fused-ring (bicyclic) bond motifs is 1. The number of aryl methyl sites for hydroxylation is 1. The predicted octanol–water partition coefficient (Wildman–Crippen LogP) is 6.47. The molecule has 0 bridgehead atoms. The maximum Gasteiger partial charge on any atom is 0.255 e. The van der Waals surface area contributed by atoms with E-state index >= 15 is 0 Å². The maximum atomic E-state index is 12.5. The van der Waals surface area contributed by atoms with Crippen molar-refractivity contribution in [2.24, 2.45) is 0 Å². The summed E-state index contributed by atoms with van der Waals surface area (Å²) in [6.45, 7) is 5.96. The molecular weight excluding hydrogens is 370 g/mol. The number of carbonyl (C=O) groups excluding carboxylic acids is 1. The van der Waals surface area contributed by atoms with Crippen molar-refractivity contribution in [3.05, 3.63) is 82.9 Å². The molecule has 0 saturated carbocycles. The zero-order chi connectivity index (χ0) is 20.1. The van der Waals surface area contributed by atoms with Crippen LogP contribution in [-0.2, 0) is 0 Å². The van der Waals surface area contributed by atoms with Crippen LogP contribution in [0.2, 0.25) is 5.02 Å². The Morgan fingerprint density at radius 3 is 2.54 bits per heavy atom. The van der Waals surface area contributed by atoms with Crippen molar-refractivity contribution in [3.63, 3.8) is 0 Å². The summed E-state index contributed by atoms with van der Waals surface area (Å²) >= 11 is 6.36. The number of carbonyl (C=O) groups is 1. The molecule has 0 atom stereocenters. The number of amides is 1. The van der Waals surface area contributed by atoms with Gasteiger partial charge in [-0.25, -0.2) is 4.98 Å². The quantitative estimate of drug-likeness (QED) is 0.420. The van der Waals surface area contributed by atoms with Gasteiger partial charge in [0.25, 0.3) is 5.91 Å². The fourth-order valence-electron chi connectivity index (χ4n) is 2.85. The minimum atomic E-state index is -0.161. The number of H-pyrrole nitrogens is 1. The molecule has 4 aromatic rings. The number of nitrogens with zero attached hydrogens (tertiary/aromatic N) is 1. The van der Waals surface area contributed by atoms with E-state index in [4.69, 9.17) is 11.6 Å². The third-order valence-electron chi connectivity index (χ3n) is 4.15. The lowest BCUT2D eigenvalue weighted by Crippen LogP contribution is -2.12. The molecule has 0 aliphatic heterocycles. The van der Waals surface area contributed by atoms with Gasteiger partial charge in [-0.1, -0.05) is 55.3 Å². The first-order valence-corrected chi connectivity index (χ1v) is 9.61. The molecular formula is C23H22ClN3O. The lowest BCUT2D eigenvalue weighted by atomic mass is 10.1. The molecule has 4 nitrogen and oxygen atoms in total. The molecule has 0 aliphatic rings. The third kappa shape index (κ3) is 4.24. The van der Waals surface area contributed by atoms with Crippen LogP contribution < -0.4 is 5.32 Å². The van der Waals surface area contributed by atoms with Gasteiger partial charge in [-0.2, -0.15) is 0 Å². The predicted molar refractivity (Wildman–Crippen MR) is 117 cm³/mol. The highest BCUT2D eigenvalue weighted by Crippen LogP contribution is 2.30. The summed E-state index contributed by atoms with van der Waals surface area (Å²) in [6, 6.07) is 20.6. The van der Waals surface area contributed by atoms with Gasteiger partial charge in [0.05, 0.1) is 16.1 Å². The van der Waals surface area contributed by atoms with Crippen LogP contribution >= 0.6 is 11.6 Å². The minimum absolute atomic E-state index is 0.161. The first-order valence-electron chi connectivity index (χ1n) is 9.23. The van der Waals surface area contributed by atoms with Crippen LogP contribution in [0.15, 0.2) is 66.7 Å². The van der Waals surface area contributed by atoms with E-state index in [1.807, 2.05) is 69.3 Å². The van der Waals surface area contributed by atoms with E-state index in [9.17, 15) is 4.79 Å². The molecule has 1 aromatic heterocycles. The Morgan fingerprint density at radius 1 is 1.00 bits per heavy atom. The molecule has 28 heavy (non-hydrogen) atoms. The van der Waals surface area contributed by atoms with Crippen LogP contribution in [0.1, 0.15) is 29.8 Å². The lowest BCUT2D eigenvalue weighted by Gasteiger charge is -2.08. The number of aromatic amines is 1. The molecule has 5 heteroatoms. The summed E-state index contributed by atoms with van der Waals surface area (Å²) in [7, 11) is 0. The molecule has 3 aromatic carbocycles. The number of anilines is 1. The molecule has 0 aliphatic carbocycles. The molecule has 2 N–H and O–H groups in total. The lowest BCUT2D eigenvalue weighted by molar-refractivity contribution is 0.102. The smallest absolute Gasteiger partial charge is 0.255 e. The summed E-state index contributed by atoms with van der Waals surface area (Å²) in [5, 5.41) is 3.48. The number of nitrogens with one attached hydrogen (secondary N) is 2. The standard InChI is InChI=1S/C21H16ClN3O.C2H6/c1-13-5-4-6-14(11-13)21(26)23-15-9-10-17(22)16(12-15)20-24-18-7-2-3-8-19(18)25-20;1-2/h2-12H,1H3,(H,23,26)(H,24,25);1-2H3. The summed E-state index contributed by atoms with van der Waals surface area (Å²) in [6.07, 6.45) is 0. The summed E-state index contributed by atoms with van der Waals surface area (Å²) < 4.78 is 0. The molecule has 1 amide bonds. The highest BCUT2D eigenvalue weighted by Gasteiger charge is 2.12. The van der Waals surface area contributed by atoms with Gasteiger partial charge in [-0.3, -0.25) is 4.79 Å². The van der Waals surface area contributed by atoms with Crippen LogP contribution in [0, 0.1) is 6.92 Å². The van der Waals surface area contributed by atoms with E-state index in [2.05, 4.69) is 15.3 Å². The van der Waals surface area contributed by atoms with Gasteiger partial charge in [0, 0.05) is 16.8 Å². The normalized spacial score (nSPS) is 10.3. The summed E-state index contributed by atoms with van der Waals surface area (Å²) in [5.41, 5.74) is 4.86. The number of rotatable bonds is 3. The second kappa shape index (κ2) is 8.72. The van der Waals surface area contributed by atoms with Crippen LogP contribution in [0.3, 0.4) is 0 Å². The van der Waals surface area contributed by atoms with Crippen molar-refractivity contribution in [1.82, 2.24) is 9.97 Å². The molecule has 0 radical (unpaired) electrons. The van der Waals surface area contributed by atoms with Crippen molar-refractivity contribution < 1.29 is 4.79 Å². The number of imidazole rings is 1. The van der Waals surface area contributed by atoms with Gasteiger partial charge in [0.1, 0.15) is 5.82 Å². The van der Waals surface area contributed by atoms with Crippen LogP contribution in [0.5, 0.6) is 0 Å². The van der Waals surface area contributed by atoms with Crippen molar-refractivity contribution in [2.75, 3.05) is 5.32 Å². The zero-order valence-electron chi connectivity index (χ0n) is 16.1. The highest BCUT2D eigenvalue weighted by atomic mass is 35.5. The Labute approximate surface area is 169 Å². The summed E-state index contributed by atoms with van der Waals surface area (Å²) in [4.78, 5) is 20.3. The van der Waals surface area contributed by atoms with Gasteiger partial charge in [-0.05, 0) is 49.4 Å². The van der Waals surface area contributed by atoms with E-state index < -0.39 is 0 Å². The topological polar surface area (TPSA) is 57.8 Å². The van der Waals surface area contributed by atoms with Gasteiger partial charge in [-0.15, -0.1) is 0 Å². The van der Waals surface area contributed by atoms with Gasteiger partial charge >= 0.3 is 0 Å². The fraction of sp³-hybridized carbons (Fsp3) is 0.130. The molecule has 0 saturated heterocycles. The molecule has 142 valence electrons. The van der Waals surface area contributed by atoms with E-state index in [-0.39, 0.29) is 5.91 Å². The Kier molecular flexibility index (Phi) is 6.12. The molecule has 0 spiro atoms. The Morgan fingerprint density at radius 2 is 1.79 bits per heavy atom. The van der Waals surface area contributed by atoms with Crippen LogP contribution in [0.4, 0.5) is 5.69 Å². The first-order chi connectivity index (χ1) is 13.6. The first kappa shape index (κ1) is 19.6. The van der Waals surface area contributed by atoms with E-state index in [1.165, 1.54) is 0 Å². The van der Waals surface area contributed by atoms with Crippen LogP contribution in [0.25, 0.3) is 22.4 Å². The number of para-hydroxylation sites is 2. The monoisotopic (exact) mass is 391 g/mol. The molecule has 1 heterocycles. The Balaban J connectivity index is 0.00000109. The second-order valence-electron chi connectivity index (χ2n) is 6.12. The second-order valence-corrected chi connectivity index (χ2v) is 6.53. The van der Waals surface area contributed by atoms with Gasteiger partial charge in [0.15, 0.2) is 0 Å². The maximum absolute atomic E-state index is 12.5. The van der Waals surface area contributed by atoms with Crippen molar-refractivity contribution >= 4 is 34.2 Å². The number of hydrogen-bond donors (Lipinski definition) is 2. The van der Waals surface area contributed by atoms with Crippen LogP contribution in [-0.4, -0.2) is 15.9 Å². The van der Waals surface area contributed by atoms with E-state index in [0.29, 0.717) is 22.1 Å². The highest BCUT2D eigenvalue weighted by molar-refractivity contribution is 6.33. The third-order valence-corrected chi connectivity index (χ3v) is 4.48. The Hall–Kier alpha value is -3.11. The number of hydrogen-bond acceptors (Lipinski definition) is 2. The average molecular weight is 392 g/mol. The SMILES string of the molecule is CC.Cc1cccc(C(=O)Nc2ccc(Cl)c(-c3nc4ccccc4[nH]3)c2)c1. The minimum Gasteiger partial charge on any atom is -0.338 e. The number of halogens is 1.